The van der Waals surface area contributed by atoms with Gasteiger partial charge in [0, 0.05) is 13.0 Å². The summed E-state index contributed by atoms with van der Waals surface area (Å²) in [5.74, 6) is 0.192. The Morgan fingerprint density at radius 2 is 1.70 bits per heavy atom. The highest BCUT2D eigenvalue weighted by molar-refractivity contribution is 5.77. The third kappa shape index (κ3) is 6.41. The summed E-state index contributed by atoms with van der Waals surface area (Å²) in [6.45, 7) is 3.03. The van der Waals surface area contributed by atoms with Gasteiger partial charge in [-0.2, -0.15) is 5.26 Å². The SMILES string of the molecule is CCCCCCCCCCCC(=O)N1CCCC1C#N. The van der Waals surface area contributed by atoms with Crippen molar-refractivity contribution in [2.45, 2.75) is 90.0 Å². The van der Waals surface area contributed by atoms with Gasteiger partial charge in [0.1, 0.15) is 6.04 Å². The van der Waals surface area contributed by atoms with Gasteiger partial charge in [0.05, 0.1) is 6.07 Å². The molecule has 0 aromatic carbocycles. The fourth-order valence-corrected chi connectivity index (χ4v) is 2.93. The number of nitrogens with zero attached hydrogens (tertiary/aromatic N) is 2. The molecule has 1 saturated heterocycles. The third-order valence-electron chi connectivity index (χ3n) is 4.22. The molecule has 3 heteroatoms. The monoisotopic (exact) mass is 278 g/mol. The zero-order chi connectivity index (χ0) is 14.6. The van der Waals surface area contributed by atoms with E-state index >= 15 is 0 Å². The minimum absolute atomic E-state index is 0.152. The quantitative estimate of drug-likeness (QED) is 0.555. The van der Waals surface area contributed by atoms with Crippen LogP contribution in [0.3, 0.4) is 0 Å². The first-order valence-electron chi connectivity index (χ1n) is 8.48. The fourth-order valence-electron chi connectivity index (χ4n) is 2.93. The lowest BCUT2D eigenvalue weighted by molar-refractivity contribution is -0.131. The van der Waals surface area contributed by atoms with Crippen molar-refractivity contribution in [3.63, 3.8) is 0 Å². The fraction of sp³-hybridized carbons (Fsp3) is 0.882. The standard InChI is InChI=1S/C17H30N2O/c1-2-3-4-5-6-7-8-9-10-13-17(20)19-14-11-12-16(19)15-18/h16H,2-14H2,1H3. The molecule has 1 heterocycles. The van der Waals surface area contributed by atoms with Gasteiger partial charge in [-0.05, 0) is 19.3 Å². The lowest BCUT2D eigenvalue weighted by Gasteiger charge is -2.19. The molecule has 0 aromatic heterocycles. The molecule has 20 heavy (non-hydrogen) atoms. The molecule has 0 N–H and O–H groups in total. The van der Waals surface area contributed by atoms with Crippen LogP contribution in [0.25, 0.3) is 0 Å². The number of carbonyl (C=O) groups is 1. The summed E-state index contributed by atoms with van der Waals surface area (Å²) in [6, 6.07) is 2.08. The Morgan fingerprint density at radius 1 is 1.10 bits per heavy atom. The zero-order valence-corrected chi connectivity index (χ0v) is 13.1. The van der Waals surface area contributed by atoms with Crippen molar-refractivity contribution in [3.05, 3.63) is 0 Å². The molecule has 0 spiro atoms. The Balaban J connectivity index is 1.96. The summed E-state index contributed by atoms with van der Waals surface area (Å²) in [4.78, 5) is 13.8. The largest absolute Gasteiger partial charge is 0.327 e. The second-order valence-electron chi connectivity index (χ2n) is 5.95. The van der Waals surface area contributed by atoms with E-state index in [4.69, 9.17) is 5.26 Å². The van der Waals surface area contributed by atoms with E-state index in [1.54, 1.807) is 4.90 Å². The summed E-state index contributed by atoms with van der Waals surface area (Å²) in [5, 5.41) is 8.97. The van der Waals surface area contributed by atoms with Crippen molar-refractivity contribution < 1.29 is 4.79 Å². The van der Waals surface area contributed by atoms with Crippen LogP contribution in [0.2, 0.25) is 0 Å². The van der Waals surface area contributed by atoms with Crippen LogP contribution in [0.4, 0.5) is 0 Å². The molecule has 3 nitrogen and oxygen atoms in total. The van der Waals surface area contributed by atoms with Gasteiger partial charge in [0.15, 0.2) is 0 Å². The third-order valence-corrected chi connectivity index (χ3v) is 4.22. The molecule has 1 amide bonds. The Kier molecular flexibility index (Phi) is 9.11. The van der Waals surface area contributed by atoms with Crippen LogP contribution in [0.5, 0.6) is 0 Å². The molecular weight excluding hydrogens is 248 g/mol. The highest BCUT2D eigenvalue weighted by Gasteiger charge is 2.27. The summed E-state index contributed by atoms with van der Waals surface area (Å²) in [6.07, 6.45) is 13.9. The van der Waals surface area contributed by atoms with Gasteiger partial charge in [-0.3, -0.25) is 4.79 Å². The van der Waals surface area contributed by atoms with Gasteiger partial charge in [-0.1, -0.05) is 58.3 Å². The van der Waals surface area contributed by atoms with Crippen LogP contribution in [-0.2, 0) is 4.79 Å². The average molecular weight is 278 g/mol. The van der Waals surface area contributed by atoms with Crippen molar-refractivity contribution in [1.29, 1.82) is 5.26 Å². The number of hydrogen-bond donors (Lipinski definition) is 0. The summed E-state index contributed by atoms with van der Waals surface area (Å²) < 4.78 is 0. The van der Waals surface area contributed by atoms with Crippen LogP contribution in [0.15, 0.2) is 0 Å². The van der Waals surface area contributed by atoms with Crippen LogP contribution < -0.4 is 0 Å². The molecular formula is C17H30N2O. The second-order valence-corrected chi connectivity index (χ2v) is 5.95. The first-order valence-corrected chi connectivity index (χ1v) is 8.48. The maximum atomic E-state index is 12.0. The topological polar surface area (TPSA) is 44.1 Å². The number of hydrogen-bond acceptors (Lipinski definition) is 2. The van der Waals surface area contributed by atoms with E-state index < -0.39 is 0 Å². The molecule has 114 valence electrons. The number of likely N-dealkylation sites (tertiary alicyclic amines) is 1. The van der Waals surface area contributed by atoms with E-state index in [1.807, 2.05) is 0 Å². The molecule has 0 aromatic rings. The molecule has 1 rings (SSSR count). The summed E-state index contributed by atoms with van der Waals surface area (Å²) in [5.41, 5.74) is 0. The molecule has 1 aliphatic rings. The highest BCUT2D eigenvalue weighted by Crippen LogP contribution is 2.18. The van der Waals surface area contributed by atoms with Crippen molar-refractivity contribution in [2.75, 3.05) is 6.54 Å². The van der Waals surface area contributed by atoms with Gasteiger partial charge in [-0.15, -0.1) is 0 Å². The highest BCUT2D eigenvalue weighted by atomic mass is 16.2. The van der Waals surface area contributed by atoms with Crippen molar-refractivity contribution >= 4 is 5.91 Å². The van der Waals surface area contributed by atoms with Gasteiger partial charge in [0.25, 0.3) is 0 Å². The van der Waals surface area contributed by atoms with E-state index in [0.717, 1.165) is 32.2 Å². The molecule has 1 fully saturated rings. The van der Waals surface area contributed by atoms with Crippen molar-refractivity contribution in [1.82, 2.24) is 4.90 Å². The predicted molar refractivity (Wildman–Crippen MR) is 82.2 cm³/mol. The van der Waals surface area contributed by atoms with Crippen LogP contribution >= 0.6 is 0 Å². The van der Waals surface area contributed by atoms with Crippen molar-refractivity contribution in [3.8, 4) is 6.07 Å². The number of nitriles is 1. The van der Waals surface area contributed by atoms with Crippen molar-refractivity contribution in [2.24, 2.45) is 0 Å². The smallest absolute Gasteiger partial charge is 0.223 e. The summed E-state index contributed by atoms with van der Waals surface area (Å²) >= 11 is 0. The lowest BCUT2D eigenvalue weighted by atomic mass is 10.1. The average Bonchev–Trinajstić information content (AvgIpc) is 2.94. The van der Waals surface area contributed by atoms with Gasteiger partial charge < -0.3 is 4.90 Å². The van der Waals surface area contributed by atoms with Crippen LogP contribution in [0, 0.1) is 11.3 Å². The van der Waals surface area contributed by atoms with E-state index in [0.29, 0.717) is 6.42 Å². The van der Waals surface area contributed by atoms with E-state index in [-0.39, 0.29) is 11.9 Å². The molecule has 1 unspecified atom stereocenters. The van der Waals surface area contributed by atoms with Gasteiger partial charge in [-0.25, -0.2) is 0 Å². The Bertz CT molecular complexity index is 309. The molecule has 0 aliphatic carbocycles. The zero-order valence-electron chi connectivity index (χ0n) is 13.1. The maximum absolute atomic E-state index is 12.0. The predicted octanol–water partition coefficient (Wildman–Crippen LogP) is 4.42. The normalized spacial score (nSPS) is 18.2. The maximum Gasteiger partial charge on any atom is 0.223 e. The Labute approximate surface area is 124 Å². The van der Waals surface area contributed by atoms with Crippen LogP contribution in [0.1, 0.15) is 84.0 Å². The number of carbonyl (C=O) groups excluding carboxylic acids is 1. The number of unbranched alkanes of at least 4 members (excludes halogenated alkanes) is 8. The van der Waals surface area contributed by atoms with E-state index in [9.17, 15) is 4.79 Å². The number of rotatable bonds is 10. The molecule has 0 saturated carbocycles. The Morgan fingerprint density at radius 3 is 2.30 bits per heavy atom. The minimum Gasteiger partial charge on any atom is -0.327 e. The molecule has 1 aliphatic heterocycles. The first kappa shape index (κ1) is 17.0. The molecule has 1 atom stereocenters. The lowest BCUT2D eigenvalue weighted by Crippen LogP contribution is -2.34. The second kappa shape index (κ2) is 10.7. The van der Waals surface area contributed by atoms with Gasteiger partial charge in [0.2, 0.25) is 5.91 Å². The molecule has 0 radical (unpaired) electrons. The first-order chi connectivity index (χ1) is 9.79. The summed E-state index contributed by atoms with van der Waals surface area (Å²) in [7, 11) is 0. The van der Waals surface area contributed by atoms with E-state index in [1.165, 1.54) is 44.9 Å². The van der Waals surface area contributed by atoms with Crippen LogP contribution in [-0.4, -0.2) is 23.4 Å². The molecule has 0 bridgehead atoms. The minimum atomic E-state index is -0.152. The Hall–Kier alpha value is -1.04. The van der Waals surface area contributed by atoms with E-state index in [2.05, 4.69) is 13.0 Å². The van der Waals surface area contributed by atoms with Gasteiger partial charge >= 0.3 is 0 Å². The number of amides is 1.